The van der Waals surface area contributed by atoms with Crippen molar-refractivity contribution in [3.05, 3.63) is 11.7 Å². The van der Waals surface area contributed by atoms with Gasteiger partial charge in [-0.3, -0.25) is 0 Å². The fourth-order valence-electron chi connectivity index (χ4n) is 2.12. The van der Waals surface area contributed by atoms with E-state index in [9.17, 15) is 0 Å². The summed E-state index contributed by atoms with van der Waals surface area (Å²) in [7, 11) is 1.94. The van der Waals surface area contributed by atoms with E-state index in [1.165, 1.54) is 11.9 Å². The van der Waals surface area contributed by atoms with E-state index in [4.69, 9.17) is 9.31 Å². The van der Waals surface area contributed by atoms with Gasteiger partial charge in [0.2, 0.25) is 0 Å². The molecule has 0 atom stereocenters. The maximum Gasteiger partial charge on any atom is 0.492 e. The van der Waals surface area contributed by atoms with Gasteiger partial charge >= 0.3 is 7.12 Å². The van der Waals surface area contributed by atoms with Gasteiger partial charge in [0.1, 0.15) is 0 Å². The first kappa shape index (κ1) is 12.0. The van der Waals surface area contributed by atoms with E-state index < -0.39 is 0 Å². The molecule has 0 aliphatic carbocycles. The average Bonchev–Trinajstić information content (AvgIpc) is 2.36. The van der Waals surface area contributed by atoms with Crippen molar-refractivity contribution in [2.45, 2.75) is 51.7 Å². The van der Waals surface area contributed by atoms with Crippen molar-refractivity contribution >= 4 is 7.12 Å². The molecule has 0 bridgehead atoms. The van der Waals surface area contributed by atoms with Crippen molar-refractivity contribution in [2.24, 2.45) is 0 Å². The number of allylic oxidation sites excluding steroid dienone is 1. The summed E-state index contributed by atoms with van der Waals surface area (Å²) in [5.41, 5.74) is 0.815. The SMILES string of the molecule is CN1C=C(B2OC(C)(C)C(C)(C)O2)CCC1. The molecule has 0 saturated carbocycles. The zero-order chi connectivity index (χ0) is 12.0. The van der Waals surface area contributed by atoms with Crippen LogP contribution in [0, 0.1) is 0 Å². The molecule has 0 aromatic rings. The van der Waals surface area contributed by atoms with E-state index in [0.29, 0.717) is 0 Å². The minimum atomic E-state index is -0.228. The lowest BCUT2D eigenvalue weighted by atomic mass is 9.75. The Morgan fingerprint density at radius 3 is 2.25 bits per heavy atom. The van der Waals surface area contributed by atoms with Gasteiger partial charge < -0.3 is 14.2 Å². The summed E-state index contributed by atoms with van der Waals surface area (Å²) < 4.78 is 12.1. The van der Waals surface area contributed by atoms with Crippen LogP contribution in [0.2, 0.25) is 0 Å². The molecule has 0 unspecified atom stereocenters. The third-order valence-electron chi connectivity index (χ3n) is 3.92. The molecule has 0 aromatic carbocycles. The molecule has 0 spiro atoms. The Bertz CT molecular complexity index is 296. The van der Waals surface area contributed by atoms with Crippen LogP contribution < -0.4 is 0 Å². The highest BCUT2D eigenvalue weighted by Crippen LogP contribution is 2.39. The molecule has 0 aromatic heterocycles. The second kappa shape index (κ2) is 3.78. The second-order valence-corrected chi connectivity index (χ2v) is 5.88. The van der Waals surface area contributed by atoms with Crippen LogP contribution in [0.3, 0.4) is 0 Å². The molecule has 1 saturated heterocycles. The van der Waals surface area contributed by atoms with Crippen molar-refractivity contribution in [1.82, 2.24) is 4.90 Å². The van der Waals surface area contributed by atoms with Gasteiger partial charge in [0.05, 0.1) is 11.2 Å². The van der Waals surface area contributed by atoms with Gasteiger partial charge in [0, 0.05) is 13.6 Å². The van der Waals surface area contributed by atoms with E-state index in [0.717, 1.165) is 13.0 Å². The quantitative estimate of drug-likeness (QED) is 0.636. The normalized spacial score (nSPS) is 28.2. The number of hydrogen-bond acceptors (Lipinski definition) is 3. The maximum atomic E-state index is 6.03. The molecule has 4 heteroatoms. The first-order valence-corrected chi connectivity index (χ1v) is 6.08. The summed E-state index contributed by atoms with van der Waals surface area (Å²) in [6.45, 7) is 9.52. The van der Waals surface area contributed by atoms with E-state index in [2.05, 4.69) is 45.8 Å². The van der Waals surface area contributed by atoms with E-state index in [-0.39, 0.29) is 18.3 Å². The molecule has 90 valence electrons. The molecule has 16 heavy (non-hydrogen) atoms. The highest BCUT2D eigenvalue weighted by atomic mass is 16.7. The van der Waals surface area contributed by atoms with Crippen molar-refractivity contribution in [3.8, 4) is 0 Å². The predicted octanol–water partition coefficient (Wildman–Crippen LogP) is 2.23. The van der Waals surface area contributed by atoms with Crippen molar-refractivity contribution < 1.29 is 9.31 Å². The lowest BCUT2D eigenvalue weighted by molar-refractivity contribution is 0.00578. The smallest absolute Gasteiger partial charge is 0.400 e. The number of hydrogen-bond donors (Lipinski definition) is 0. The van der Waals surface area contributed by atoms with Crippen molar-refractivity contribution in [3.63, 3.8) is 0 Å². The lowest BCUT2D eigenvalue weighted by Gasteiger charge is -2.32. The summed E-state index contributed by atoms with van der Waals surface area (Å²) in [5.74, 6) is 0. The number of rotatable bonds is 1. The van der Waals surface area contributed by atoms with Gasteiger partial charge in [-0.2, -0.15) is 0 Å². The molecule has 0 radical (unpaired) electrons. The van der Waals surface area contributed by atoms with Gasteiger partial charge in [-0.15, -0.1) is 0 Å². The first-order valence-electron chi connectivity index (χ1n) is 6.08. The molecule has 2 aliphatic rings. The summed E-state index contributed by atoms with van der Waals surface area (Å²) in [4.78, 5) is 2.21. The van der Waals surface area contributed by atoms with Crippen LogP contribution in [0.4, 0.5) is 0 Å². The van der Waals surface area contributed by atoms with Gasteiger partial charge in [0.25, 0.3) is 0 Å². The Balaban J connectivity index is 2.14. The summed E-state index contributed by atoms with van der Waals surface area (Å²) in [6, 6.07) is 0. The maximum absolute atomic E-state index is 6.03. The average molecular weight is 223 g/mol. The standard InChI is InChI=1S/C12H22BNO2/c1-11(2)12(3,4)16-13(15-11)10-7-6-8-14(5)9-10/h9H,6-8H2,1-5H3. The third kappa shape index (κ3) is 2.01. The highest BCUT2D eigenvalue weighted by Gasteiger charge is 2.52. The monoisotopic (exact) mass is 223 g/mol. The molecule has 0 amide bonds. The van der Waals surface area contributed by atoms with Gasteiger partial charge in [0.15, 0.2) is 0 Å². The zero-order valence-electron chi connectivity index (χ0n) is 11.0. The summed E-state index contributed by atoms with van der Waals surface area (Å²) in [6.07, 6.45) is 4.44. The minimum Gasteiger partial charge on any atom is -0.400 e. The topological polar surface area (TPSA) is 21.7 Å². The van der Waals surface area contributed by atoms with Crippen molar-refractivity contribution in [2.75, 3.05) is 13.6 Å². The van der Waals surface area contributed by atoms with Gasteiger partial charge in [-0.05, 0) is 52.2 Å². The first-order chi connectivity index (χ1) is 7.32. The van der Waals surface area contributed by atoms with Crippen LogP contribution in [-0.4, -0.2) is 36.8 Å². The molecular weight excluding hydrogens is 201 g/mol. The Morgan fingerprint density at radius 1 is 1.19 bits per heavy atom. The second-order valence-electron chi connectivity index (χ2n) is 5.88. The molecule has 3 nitrogen and oxygen atoms in total. The van der Waals surface area contributed by atoms with Crippen LogP contribution >= 0.6 is 0 Å². The predicted molar refractivity (Wildman–Crippen MR) is 66.0 cm³/mol. The molecule has 2 rings (SSSR count). The molecule has 2 heterocycles. The van der Waals surface area contributed by atoms with Crippen LogP contribution in [0.15, 0.2) is 11.7 Å². The van der Waals surface area contributed by atoms with E-state index in [1.54, 1.807) is 0 Å². The summed E-state index contributed by atoms with van der Waals surface area (Å²) >= 11 is 0. The Kier molecular flexibility index (Phi) is 2.83. The molecular formula is C12H22BNO2. The molecule has 1 fully saturated rings. The van der Waals surface area contributed by atoms with Crippen molar-refractivity contribution in [1.29, 1.82) is 0 Å². The Hall–Kier alpha value is -0.475. The largest absolute Gasteiger partial charge is 0.492 e. The lowest BCUT2D eigenvalue weighted by Crippen LogP contribution is -2.41. The minimum absolute atomic E-state index is 0.159. The molecule has 2 aliphatic heterocycles. The third-order valence-corrected chi connectivity index (χ3v) is 3.92. The highest BCUT2D eigenvalue weighted by molar-refractivity contribution is 6.54. The van der Waals surface area contributed by atoms with Crippen LogP contribution in [0.5, 0.6) is 0 Å². The summed E-state index contributed by atoms with van der Waals surface area (Å²) in [5, 5.41) is 0. The number of nitrogens with zero attached hydrogens (tertiary/aromatic N) is 1. The van der Waals surface area contributed by atoms with Gasteiger partial charge in [-0.25, -0.2) is 0 Å². The molecule has 0 N–H and O–H groups in total. The fourth-order valence-corrected chi connectivity index (χ4v) is 2.12. The van der Waals surface area contributed by atoms with E-state index in [1.807, 2.05) is 0 Å². The Morgan fingerprint density at radius 2 is 1.75 bits per heavy atom. The Labute approximate surface area is 98.9 Å². The van der Waals surface area contributed by atoms with Crippen LogP contribution in [-0.2, 0) is 9.31 Å². The zero-order valence-corrected chi connectivity index (χ0v) is 11.0. The van der Waals surface area contributed by atoms with Gasteiger partial charge in [-0.1, -0.05) is 0 Å². The fraction of sp³-hybridized carbons (Fsp3) is 0.833. The van der Waals surface area contributed by atoms with E-state index >= 15 is 0 Å². The van der Waals surface area contributed by atoms with Crippen LogP contribution in [0.25, 0.3) is 0 Å². The van der Waals surface area contributed by atoms with Crippen LogP contribution in [0.1, 0.15) is 40.5 Å².